The Bertz CT molecular complexity index is 487. The molecule has 21 heavy (non-hydrogen) atoms. The van der Waals surface area contributed by atoms with E-state index >= 15 is 0 Å². The Kier molecular flexibility index (Phi) is 5.51. The topological polar surface area (TPSA) is 74.8 Å². The van der Waals surface area contributed by atoms with Crippen LogP contribution in [-0.2, 0) is 9.53 Å². The highest BCUT2D eigenvalue weighted by Gasteiger charge is 2.21. The second-order valence-corrected chi connectivity index (χ2v) is 4.82. The minimum Gasteiger partial charge on any atom is -0.383 e. The number of pyridine rings is 1. The van der Waals surface area contributed by atoms with Gasteiger partial charge in [0.25, 0.3) is 5.91 Å². The number of carbonyl (C=O) groups excluding carboxylic acids is 2. The molecule has 1 fully saturated rings. The molecule has 1 aromatic rings. The van der Waals surface area contributed by atoms with Crippen LogP contribution in [0.25, 0.3) is 0 Å². The first-order valence-electron chi connectivity index (χ1n) is 6.91. The van der Waals surface area contributed by atoms with E-state index in [-0.39, 0.29) is 5.91 Å². The van der Waals surface area contributed by atoms with Gasteiger partial charge in [-0.05, 0) is 6.07 Å². The first kappa shape index (κ1) is 15.2. The smallest absolute Gasteiger partial charge is 0.255 e. The predicted octanol–water partition coefficient (Wildman–Crippen LogP) is 0.0541. The van der Waals surface area contributed by atoms with E-state index in [4.69, 9.17) is 4.74 Å². The van der Waals surface area contributed by atoms with Crippen molar-refractivity contribution >= 4 is 18.0 Å². The largest absolute Gasteiger partial charge is 0.383 e. The molecule has 0 bridgehead atoms. The van der Waals surface area contributed by atoms with Gasteiger partial charge in [0.15, 0.2) is 0 Å². The van der Waals surface area contributed by atoms with Crippen molar-refractivity contribution in [3.8, 4) is 0 Å². The number of rotatable bonds is 6. The highest BCUT2D eigenvalue weighted by atomic mass is 16.5. The lowest BCUT2D eigenvalue weighted by Gasteiger charge is -2.32. The average molecular weight is 292 g/mol. The van der Waals surface area contributed by atoms with Crippen LogP contribution in [0, 0.1) is 0 Å². The van der Waals surface area contributed by atoms with E-state index in [2.05, 4.69) is 10.3 Å². The maximum Gasteiger partial charge on any atom is 0.255 e. The molecular formula is C14H20N4O3. The fourth-order valence-corrected chi connectivity index (χ4v) is 2.16. The third kappa shape index (κ3) is 4.16. The quantitative estimate of drug-likeness (QED) is 0.592. The first-order chi connectivity index (χ1) is 10.2. The number of nitrogens with zero attached hydrogens (tertiary/aromatic N) is 3. The molecule has 0 aromatic carbocycles. The van der Waals surface area contributed by atoms with Crippen LogP contribution in [0.2, 0.25) is 0 Å². The Labute approximate surface area is 123 Å². The zero-order chi connectivity index (χ0) is 15.1. The molecule has 1 saturated heterocycles. The van der Waals surface area contributed by atoms with Gasteiger partial charge in [0, 0.05) is 52.2 Å². The van der Waals surface area contributed by atoms with Gasteiger partial charge in [0.05, 0.1) is 17.9 Å². The van der Waals surface area contributed by atoms with Gasteiger partial charge in [0.2, 0.25) is 6.41 Å². The van der Waals surface area contributed by atoms with Gasteiger partial charge in [-0.1, -0.05) is 0 Å². The van der Waals surface area contributed by atoms with Gasteiger partial charge in [-0.2, -0.15) is 0 Å². The van der Waals surface area contributed by atoms with Crippen LogP contribution >= 0.6 is 0 Å². The molecule has 0 spiro atoms. The number of nitrogens with one attached hydrogen (secondary N) is 1. The Morgan fingerprint density at radius 2 is 2.14 bits per heavy atom. The number of aromatic nitrogens is 1. The normalized spacial score (nSPS) is 14.9. The third-order valence-corrected chi connectivity index (χ3v) is 3.37. The number of piperazine rings is 1. The summed E-state index contributed by atoms with van der Waals surface area (Å²) in [4.78, 5) is 30.6. The Balaban J connectivity index is 1.96. The molecule has 7 nitrogen and oxygen atoms in total. The summed E-state index contributed by atoms with van der Waals surface area (Å²) in [6.07, 6.45) is 4.07. The molecule has 2 rings (SSSR count). The summed E-state index contributed by atoms with van der Waals surface area (Å²) in [7, 11) is 1.64. The zero-order valence-electron chi connectivity index (χ0n) is 12.1. The molecule has 1 aliphatic heterocycles. The molecule has 1 aliphatic rings. The van der Waals surface area contributed by atoms with Gasteiger partial charge < -0.3 is 19.9 Å². The van der Waals surface area contributed by atoms with E-state index in [1.165, 1.54) is 0 Å². The zero-order valence-corrected chi connectivity index (χ0v) is 12.1. The number of anilines is 1. The van der Waals surface area contributed by atoms with Gasteiger partial charge in [-0.25, -0.2) is 0 Å². The summed E-state index contributed by atoms with van der Waals surface area (Å²) in [5, 5.41) is 3.15. The van der Waals surface area contributed by atoms with E-state index in [9.17, 15) is 9.59 Å². The molecule has 0 atom stereocenters. The van der Waals surface area contributed by atoms with Crippen LogP contribution in [-0.4, -0.2) is 73.5 Å². The minimum atomic E-state index is -0.0524. The van der Waals surface area contributed by atoms with Crippen LogP contribution in [0.5, 0.6) is 0 Å². The summed E-state index contributed by atoms with van der Waals surface area (Å²) < 4.78 is 4.97. The molecule has 0 unspecified atom stereocenters. The van der Waals surface area contributed by atoms with Crippen LogP contribution in [0.1, 0.15) is 10.4 Å². The van der Waals surface area contributed by atoms with Crippen LogP contribution < -0.4 is 5.32 Å². The van der Waals surface area contributed by atoms with Gasteiger partial charge in [-0.15, -0.1) is 0 Å². The Hall–Kier alpha value is -2.15. The first-order valence-corrected chi connectivity index (χ1v) is 6.91. The van der Waals surface area contributed by atoms with Crippen molar-refractivity contribution in [3.63, 3.8) is 0 Å². The van der Waals surface area contributed by atoms with Crippen molar-refractivity contribution in [2.75, 3.05) is 51.8 Å². The van der Waals surface area contributed by atoms with E-state index < -0.39 is 0 Å². The van der Waals surface area contributed by atoms with E-state index in [1.54, 1.807) is 35.4 Å². The second-order valence-electron chi connectivity index (χ2n) is 4.82. The van der Waals surface area contributed by atoms with Crippen molar-refractivity contribution in [1.29, 1.82) is 0 Å². The van der Waals surface area contributed by atoms with Crippen molar-refractivity contribution in [2.24, 2.45) is 0 Å². The molecule has 0 radical (unpaired) electrons. The molecule has 2 heterocycles. The second kappa shape index (κ2) is 7.58. The molecule has 7 heteroatoms. The Morgan fingerprint density at radius 1 is 1.38 bits per heavy atom. The van der Waals surface area contributed by atoms with Crippen LogP contribution in [0.15, 0.2) is 18.5 Å². The van der Waals surface area contributed by atoms with Gasteiger partial charge >= 0.3 is 0 Å². The van der Waals surface area contributed by atoms with Crippen molar-refractivity contribution in [1.82, 2.24) is 14.8 Å². The third-order valence-electron chi connectivity index (χ3n) is 3.37. The molecule has 114 valence electrons. The maximum atomic E-state index is 12.4. The molecule has 0 saturated carbocycles. The number of ether oxygens (including phenoxy) is 1. The summed E-state index contributed by atoms with van der Waals surface area (Å²) >= 11 is 0. The Morgan fingerprint density at radius 3 is 2.81 bits per heavy atom. The van der Waals surface area contributed by atoms with Gasteiger partial charge in [0.1, 0.15) is 0 Å². The number of methoxy groups -OCH3 is 1. The number of amides is 2. The van der Waals surface area contributed by atoms with E-state index in [1.807, 2.05) is 0 Å². The molecular weight excluding hydrogens is 272 g/mol. The van der Waals surface area contributed by atoms with E-state index in [0.717, 1.165) is 12.1 Å². The minimum absolute atomic E-state index is 0.0524. The molecule has 0 aliphatic carbocycles. The predicted molar refractivity (Wildman–Crippen MR) is 78.1 cm³/mol. The maximum absolute atomic E-state index is 12.4. The lowest BCUT2D eigenvalue weighted by molar-refractivity contribution is -0.119. The number of hydrogen-bond acceptors (Lipinski definition) is 5. The fourth-order valence-electron chi connectivity index (χ4n) is 2.16. The summed E-state index contributed by atoms with van der Waals surface area (Å²) in [5.74, 6) is -0.0524. The van der Waals surface area contributed by atoms with Crippen molar-refractivity contribution < 1.29 is 14.3 Å². The van der Waals surface area contributed by atoms with Gasteiger partial charge in [-0.3, -0.25) is 14.6 Å². The average Bonchev–Trinajstić information content (AvgIpc) is 2.55. The van der Waals surface area contributed by atoms with Crippen LogP contribution in [0.4, 0.5) is 5.69 Å². The summed E-state index contributed by atoms with van der Waals surface area (Å²) in [6, 6.07) is 1.79. The molecule has 1 aromatic heterocycles. The number of hydrogen-bond donors (Lipinski definition) is 1. The summed E-state index contributed by atoms with van der Waals surface area (Å²) in [5.41, 5.74) is 1.35. The highest BCUT2D eigenvalue weighted by Crippen LogP contribution is 2.12. The number of carbonyl (C=O) groups is 2. The molecule has 2 amide bonds. The standard InChI is InChI=1S/C14H20N4O3/c1-21-7-2-16-13-8-12(9-15-10-13)14(20)18-5-3-17(11-19)4-6-18/h8-11,16H,2-7H2,1H3. The van der Waals surface area contributed by atoms with E-state index in [0.29, 0.717) is 44.9 Å². The summed E-state index contributed by atoms with van der Waals surface area (Å²) in [6.45, 7) is 3.51. The van der Waals surface area contributed by atoms with Crippen molar-refractivity contribution in [2.45, 2.75) is 0 Å². The lowest BCUT2D eigenvalue weighted by atomic mass is 10.2. The molecule has 1 N–H and O–H groups in total. The van der Waals surface area contributed by atoms with Crippen LogP contribution in [0.3, 0.4) is 0 Å². The SMILES string of the molecule is COCCNc1cncc(C(=O)N2CCN(C=O)CC2)c1. The van der Waals surface area contributed by atoms with Crippen molar-refractivity contribution in [3.05, 3.63) is 24.0 Å². The fraction of sp³-hybridized carbons (Fsp3) is 0.500. The monoisotopic (exact) mass is 292 g/mol. The lowest BCUT2D eigenvalue weighted by Crippen LogP contribution is -2.48. The highest BCUT2D eigenvalue weighted by molar-refractivity contribution is 5.94.